The Bertz CT molecular complexity index is 336. The van der Waals surface area contributed by atoms with Gasteiger partial charge in [0.15, 0.2) is 0 Å². The predicted octanol–water partition coefficient (Wildman–Crippen LogP) is 0.286. The molecule has 19 heavy (non-hydrogen) atoms. The molecule has 0 aromatic carbocycles. The van der Waals surface area contributed by atoms with Crippen LogP contribution in [-0.2, 0) is 9.53 Å². The van der Waals surface area contributed by atoms with Crippen molar-refractivity contribution < 1.29 is 14.6 Å². The summed E-state index contributed by atoms with van der Waals surface area (Å²) < 4.78 is 5.49. The monoisotopic (exact) mass is 290 g/mol. The van der Waals surface area contributed by atoms with Gasteiger partial charge in [-0.25, -0.2) is 0 Å². The maximum absolute atomic E-state index is 12.5. The summed E-state index contributed by atoms with van der Waals surface area (Å²) in [6.45, 7) is 1.02. The quantitative estimate of drug-likeness (QED) is 0.766. The fraction of sp³-hybridized carbons (Fsp3) is 0.923. The number of aliphatic hydroxyl groups is 1. The van der Waals surface area contributed by atoms with Crippen LogP contribution in [-0.4, -0.2) is 53.4 Å². The van der Waals surface area contributed by atoms with Crippen LogP contribution in [0.2, 0.25) is 0 Å². The summed E-state index contributed by atoms with van der Waals surface area (Å²) in [7, 11) is 0. The molecule has 1 unspecified atom stereocenters. The van der Waals surface area contributed by atoms with Crippen LogP contribution >= 0.6 is 12.4 Å². The van der Waals surface area contributed by atoms with Gasteiger partial charge in [0, 0.05) is 6.54 Å². The van der Waals surface area contributed by atoms with Gasteiger partial charge in [-0.1, -0.05) is 12.8 Å². The van der Waals surface area contributed by atoms with E-state index in [-0.39, 0.29) is 36.5 Å². The van der Waals surface area contributed by atoms with Crippen molar-refractivity contribution in [1.82, 2.24) is 4.90 Å². The summed E-state index contributed by atoms with van der Waals surface area (Å²) in [6, 6.07) is -0.552. The molecule has 4 atom stereocenters. The number of likely N-dealkylation sites (tertiary alicyclic amines) is 1. The van der Waals surface area contributed by atoms with Gasteiger partial charge in [0.25, 0.3) is 0 Å². The van der Waals surface area contributed by atoms with Gasteiger partial charge in [-0.15, -0.1) is 12.4 Å². The third-order valence-corrected chi connectivity index (χ3v) is 4.75. The van der Waals surface area contributed by atoms with E-state index in [1.807, 2.05) is 0 Å². The molecule has 0 aromatic rings. The molecule has 6 heteroatoms. The van der Waals surface area contributed by atoms with E-state index in [0.717, 1.165) is 19.3 Å². The Morgan fingerprint density at radius 1 is 1.32 bits per heavy atom. The Balaban J connectivity index is 0.00000133. The topological polar surface area (TPSA) is 75.8 Å². The van der Waals surface area contributed by atoms with Crippen LogP contribution in [0, 0.1) is 5.92 Å². The molecule has 1 saturated carbocycles. The molecule has 3 fully saturated rings. The molecule has 1 aliphatic carbocycles. The number of rotatable bonds is 2. The highest BCUT2D eigenvalue weighted by Crippen LogP contribution is 2.32. The maximum Gasteiger partial charge on any atom is 0.240 e. The SMILES string of the molecule is Cl.NC(C(=O)N1CC[C@H]2OC[C@H](O)[C@H]21)C1CCCC1. The minimum atomic E-state index is -0.544. The van der Waals surface area contributed by atoms with Crippen LogP contribution in [0.1, 0.15) is 32.1 Å². The first-order valence-electron chi connectivity index (χ1n) is 7.04. The minimum absolute atomic E-state index is 0. The molecular weight excluding hydrogens is 268 g/mol. The Hall–Kier alpha value is -0.360. The van der Waals surface area contributed by atoms with Crippen molar-refractivity contribution in [3.05, 3.63) is 0 Å². The number of fused-ring (bicyclic) bond motifs is 1. The molecule has 110 valence electrons. The Kier molecular flexibility index (Phi) is 4.71. The van der Waals surface area contributed by atoms with E-state index in [4.69, 9.17) is 10.5 Å². The highest BCUT2D eigenvalue weighted by molar-refractivity contribution is 5.85. The largest absolute Gasteiger partial charge is 0.388 e. The van der Waals surface area contributed by atoms with Crippen molar-refractivity contribution in [2.24, 2.45) is 11.7 Å². The van der Waals surface area contributed by atoms with Gasteiger partial charge in [-0.05, 0) is 25.2 Å². The molecule has 0 bridgehead atoms. The molecule has 1 amide bonds. The average Bonchev–Trinajstić information content (AvgIpc) is 3.05. The number of ether oxygens (including phenoxy) is 1. The van der Waals surface area contributed by atoms with Crippen molar-refractivity contribution in [2.45, 2.75) is 56.4 Å². The van der Waals surface area contributed by atoms with Crippen molar-refractivity contribution >= 4 is 18.3 Å². The van der Waals surface area contributed by atoms with Gasteiger partial charge in [0.1, 0.15) is 6.10 Å². The summed E-state index contributed by atoms with van der Waals surface area (Å²) in [5, 5.41) is 9.91. The zero-order valence-electron chi connectivity index (χ0n) is 11.0. The van der Waals surface area contributed by atoms with Crippen LogP contribution in [0.4, 0.5) is 0 Å². The average molecular weight is 291 g/mol. The summed E-state index contributed by atoms with van der Waals surface area (Å²) in [4.78, 5) is 14.2. The summed E-state index contributed by atoms with van der Waals surface area (Å²) in [5.74, 6) is 0.343. The highest BCUT2D eigenvalue weighted by Gasteiger charge is 2.48. The zero-order chi connectivity index (χ0) is 12.7. The molecule has 2 aliphatic heterocycles. The van der Waals surface area contributed by atoms with Gasteiger partial charge in [0.05, 0.1) is 24.8 Å². The number of amides is 1. The fourth-order valence-corrected chi connectivity index (χ4v) is 3.71. The summed E-state index contributed by atoms with van der Waals surface area (Å²) in [6.07, 6.45) is 4.79. The minimum Gasteiger partial charge on any atom is -0.388 e. The van der Waals surface area contributed by atoms with Crippen molar-refractivity contribution in [2.75, 3.05) is 13.2 Å². The lowest BCUT2D eigenvalue weighted by Gasteiger charge is -2.30. The van der Waals surface area contributed by atoms with Crippen molar-refractivity contribution in [1.29, 1.82) is 0 Å². The molecule has 0 aromatic heterocycles. The van der Waals surface area contributed by atoms with Gasteiger partial charge in [0.2, 0.25) is 5.91 Å². The molecule has 0 radical (unpaired) electrons. The van der Waals surface area contributed by atoms with Crippen LogP contribution in [0.25, 0.3) is 0 Å². The van der Waals surface area contributed by atoms with Gasteiger partial charge < -0.3 is 20.5 Å². The van der Waals surface area contributed by atoms with Gasteiger partial charge in [-0.3, -0.25) is 4.79 Å². The third-order valence-electron chi connectivity index (χ3n) is 4.75. The summed E-state index contributed by atoms with van der Waals surface area (Å²) >= 11 is 0. The lowest BCUT2D eigenvalue weighted by Crippen LogP contribution is -2.52. The molecule has 2 heterocycles. The third kappa shape index (κ3) is 2.61. The molecule has 3 aliphatic rings. The first-order chi connectivity index (χ1) is 8.68. The van der Waals surface area contributed by atoms with Crippen molar-refractivity contribution in [3.63, 3.8) is 0 Å². The first kappa shape index (κ1) is 15.0. The lowest BCUT2D eigenvalue weighted by atomic mass is 9.97. The lowest BCUT2D eigenvalue weighted by molar-refractivity contribution is -0.136. The number of nitrogens with two attached hydrogens (primary N) is 1. The fourth-order valence-electron chi connectivity index (χ4n) is 3.71. The number of hydrogen-bond acceptors (Lipinski definition) is 4. The Labute approximate surface area is 119 Å². The Morgan fingerprint density at radius 2 is 2.00 bits per heavy atom. The van der Waals surface area contributed by atoms with E-state index in [1.54, 1.807) is 4.90 Å². The number of hydrogen-bond donors (Lipinski definition) is 2. The predicted molar refractivity (Wildman–Crippen MR) is 73.0 cm³/mol. The maximum atomic E-state index is 12.5. The smallest absolute Gasteiger partial charge is 0.240 e. The van der Waals surface area contributed by atoms with Gasteiger partial charge in [-0.2, -0.15) is 0 Å². The first-order valence-corrected chi connectivity index (χ1v) is 7.04. The Morgan fingerprint density at radius 3 is 2.68 bits per heavy atom. The molecule has 0 spiro atoms. The number of nitrogens with zero attached hydrogens (tertiary/aromatic N) is 1. The molecule has 3 rings (SSSR count). The molecular formula is C13H23ClN2O3. The molecule has 5 nitrogen and oxygen atoms in total. The highest BCUT2D eigenvalue weighted by atomic mass is 35.5. The second-order valence-corrected chi connectivity index (χ2v) is 5.82. The van der Waals surface area contributed by atoms with Crippen molar-refractivity contribution in [3.8, 4) is 0 Å². The van der Waals surface area contributed by atoms with E-state index < -0.39 is 6.10 Å². The zero-order valence-corrected chi connectivity index (χ0v) is 11.8. The number of carbonyl (C=O) groups is 1. The molecule has 2 saturated heterocycles. The van der Waals surface area contributed by atoms with Gasteiger partial charge >= 0.3 is 0 Å². The van der Waals surface area contributed by atoms with E-state index in [9.17, 15) is 9.90 Å². The van der Waals surface area contributed by atoms with E-state index in [0.29, 0.717) is 19.1 Å². The number of carbonyl (C=O) groups excluding carboxylic acids is 1. The van der Waals surface area contributed by atoms with E-state index >= 15 is 0 Å². The normalized spacial score (nSPS) is 36.1. The second kappa shape index (κ2) is 5.95. The second-order valence-electron chi connectivity index (χ2n) is 5.82. The van der Waals surface area contributed by atoms with Crippen LogP contribution in [0.5, 0.6) is 0 Å². The number of aliphatic hydroxyl groups excluding tert-OH is 1. The van der Waals surface area contributed by atoms with Crippen LogP contribution < -0.4 is 5.73 Å². The summed E-state index contributed by atoms with van der Waals surface area (Å²) in [5.41, 5.74) is 6.12. The van der Waals surface area contributed by atoms with Crippen LogP contribution in [0.15, 0.2) is 0 Å². The standard InChI is InChI=1S/C13H22N2O3.ClH/c14-11(8-3-1-2-4-8)13(17)15-6-5-10-12(15)9(16)7-18-10;/h8-12,16H,1-7,14H2;1H/t9-,10+,11?,12+;/m0./s1. The van der Waals surface area contributed by atoms with E-state index in [1.165, 1.54) is 12.8 Å². The van der Waals surface area contributed by atoms with Crippen LogP contribution in [0.3, 0.4) is 0 Å². The number of halogens is 1. The molecule has 3 N–H and O–H groups in total. The van der Waals surface area contributed by atoms with E-state index in [2.05, 4.69) is 0 Å².